The second-order valence-electron chi connectivity index (χ2n) is 3.86. The van der Waals surface area contributed by atoms with E-state index < -0.39 is 0 Å². The van der Waals surface area contributed by atoms with Crippen molar-refractivity contribution in [1.29, 1.82) is 5.26 Å². The molecule has 0 spiro atoms. The topological polar surface area (TPSA) is 81.2 Å². The Morgan fingerprint density at radius 2 is 1.85 bits per heavy atom. The number of thioether (sulfide) groups is 1. The van der Waals surface area contributed by atoms with Crippen LogP contribution in [0.15, 0.2) is 27.8 Å². The van der Waals surface area contributed by atoms with E-state index in [1.165, 1.54) is 11.8 Å². The molecular formula is C13H13N3O3S. The highest BCUT2D eigenvalue weighted by atomic mass is 32.2. The van der Waals surface area contributed by atoms with E-state index in [1.54, 1.807) is 39.3 Å². The lowest BCUT2D eigenvalue weighted by molar-refractivity contribution is 0.394. The van der Waals surface area contributed by atoms with Gasteiger partial charge in [-0.2, -0.15) is 5.26 Å². The van der Waals surface area contributed by atoms with E-state index in [0.29, 0.717) is 28.2 Å². The Balaban J connectivity index is 2.30. The second-order valence-corrected chi connectivity index (χ2v) is 5.16. The lowest BCUT2D eigenvalue weighted by Gasteiger charge is -2.05. The predicted octanol–water partition coefficient (Wildman–Crippen LogP) is 2.76. The molecule has 20 heavy (non-hydrogen) atoms. The normalized spacial score (nSPS) is 11.7. The molecule has 0 saturated heterocycles. The number of nitrogens with zero attached hydrogens (tertiary/aromatic N) is 3. The molecule has 0 fully saturated rings. The molecule has 0 amide bonds. The highest BCUT2D eigenvalue weighted by Crippen LogP contribution is 2.31. The Morgan fingerprint density at radius 3 is 2.40 bits per heavy atom. The molecule has 104 valence electrons. The summed E-state index contributed by atoms with van der Waals surface area (Å²) in [5, 5.41) is 16.7. The molecule has 7 heteroatoms. The fourth-order valence-corrected chi connectivity index (χ4v) is 2.05. The van der Waals surface area contributed by atoms with Gasteiger partial charge in [0.2, 0.25) is 5.89 Å². The minimum Gasteiger partial charge on any atom is -0.497 e. The predicted molar refractivity (Wildman–Crippen MR) is 73.8 cm³/mol. The number of aromatic nitrogens is 2. The number of hydrogen-bond donors (Lipinski definition) is 0. The van der Waals surface area contributed by atoms with Crippen molar-refractivity contribution in [3.63, 3.8) is 0 Å². The van der Waals surface area contributed by atoms with Crippen LogP contribution in [0.5, 0.6) is 11.5 Å². The summed E-state index contributed by atoms with van der Waals surface area (Å²) in [6.45, 7) is 1.77. The number of hydrogen-bond acceptors (Lipinski definition) is 7. The summed E-state index contributed by atoms with van der Waals surface area (Å²) in [4.78, 5) is 0. The van der Waals surface area contributed by atoms with Gasteiger partial charge in [0.15, 0.2) is 0 Å². The van der Waals surface area contributed by atoms with Crippen LogP contribution in [0.25, 0.3) is 11.5 Å². The van der Waals surface area contributed by atoms with Gasteiger partial charge in [-0.3, -0.25) is 0 Å². The van der Waals surface area contributed by atoms with Gasteiger partial charge >= 0.3 is 0 Å². The quantitative estimate of drug-likeness (QED) is 0.783. The largest absolute Gasteiger partial charge is 0.497 e. The molecule has 1 heterocycles. The highest BCUT2D eigenvalue weighted by Gasteiger charge is 2.14. The van der Waals surface area contributed by atoms with E-state index in [1.807, 2.05) is 0 Å². The van der Waals surface area contributed by atoms with Crippen LogP contribution in [0.1, 0.15) is 6.92 Å². The Morgan fingerprint density at radius 1 is 1.20 bits per heavy atom. The zero-order chi connectivity index (χ0) is 14.5. The van der Waals surface area contributed by atoms with Crippen LogP contribution in [-0.4, -0.2) is 29.7 Å². The van der Waals surface area contributed by atoms with Crippen LogP contribution in [0.3, 0.4) is 0 Å². The number of benzene rings is 1. The maximum atomic E-state index is 8.76. The highest BCUT2D eigenvalue weighted by molar-refractivity contribution is 7.99. The fourth-order valence-electron chi connectivity index (χ4n) is 1.48. The molecule has 0 saturated carbocycles. The minimum atomic E-state index is -0.247. The minimum absolute atomic E-state index is 0.247. The fraction of sp³-hybridized carbons (Fsp3) is 0.308. The molecule has 0 bridgehead atoms. The summed E-state index contributed by atoms with van der Waals surface area (Å²) in [5.74, 6) is 1.63. The van der Waals surface area contributed by atoms with Crippen molar-refractivity contribution in [3.8, 4) is 29.0 Å². The SMILES string of the molecule is COc1cc(OC)cc(-c2nnc(SC(C)C#N)o2)c1. The van der Waals surface area contributed by atoms with Gasteiger partial charge in [0.1, 0.15) is 11.5 Å². The number of methoxy groups -OCH3 is 2. The molecule has 1 aromatic carbocycles. The first-order valence-corrected chi connectivity index (χ1v) is 6.67. The zero-order valence-corrected chi connectivity index (χ0v) is 12.1. The van der Waals surface area contributed by atoms with Crippen LogP contribution < -0.4 is 9.47 Å². The molecule has 1 unspecified atom stereocenters. The third-order valence-corrected chi connectivity index (χ3v) is 3.29. The first-order chi connectivity index (χ1) is 9.66. The zero-order valence-electron chi connectivity index (χ0n) is 11.3. The van der Waals surface area contributed by atoms with Crippen LogP contribution in [0, 0.1) is 11.3 Å². The standard InChI is InChI=1S/C13H13N3O3S/c1-8(7-14)20-13-16-15-12(19-13)9-4-10(17-2)6-11(5-9)18-3/h4-6,8H,1-3H3. The smallest absolute Gasteiger partial charge is 0.278 e. The van der Waals surface area contributed by atoms with E-state index in [2.05, 4.69) is 16.3 Å². The molecule has 0 aliphatic carbocycles. The molecule has 0 N–H and O–H groups in total. The van der Waals surface area contributed by atoms with Gasteiger partial charge in [-0.25, -0.2) is 0 Å². The second kappa shape index (κ2) is 6.30. The molecule has 1 atom stereocenters. The van der Waals surface area contributed by atoms with Crippen LogP contribution in [0.4, 0.5) is 0 Å². The first kappa shape index (κ1) is 14.2. The number of ether oxygens (including phenoxy) is 2. The third-order valence-electron chi connectivity index (χ3n) is 2.46. The van der Waals surface area contributed by atoms with E-state index >= 15 is 0 Å². The Bertz CT molecular complexity index is 614. The van der Waals surface area contributed by atoms with Gasteiger partial charge < -0.3 is 13.9 Å². The number of rotatable bonds is 5. The average Bonchev–Trinajstić information content (AvgIpc) is 2.94. The van der Waals surface area contributed by atoms with Crippen molar-refractivity contribution in [1.82, 2.24) is 10.2 Å². The summed E-state index contributed by atoms with van der Waals surface area (Å²) in [5.41, 5.74) is 0.699. The van der Waals surface area contributed by atoms with Gasteiger partial charge in [0.05, 0.1) is 25.5 Å². The Hall–Kier alpha value is -2.20. The van der Waals surface area contributed by atoms with Gasteiger partial charge in [0, 0.05) is 11.6 Å². The van der Waals surface area contributed by atoms with E-state index in [4.69, 9.17) is 19.2 Å². The van der Waals surface area contributed by atoms with Gasteiger partial charge in [-0.1, -0.05) is 0 Å². The number of nitriles is 1. The summed E-state index contributed by atoms with van der Waals surface area (Å²) in [6, 6.07) is 7.40. The van der Waals surface area contributed by atoms with E-state index in [-0.39, 0.29) is 5.25 Å². The van der Waals surface area contributed by atoms with Crippen molar-refractivity contribution in [2.24, 2.45) is 0 Å². The summed E-state index contributed by atoms with van der Waals surface area (Å²) >= 11 is 1.22. The molecule has 0 aliphatic rings. The Labute approximate surface area is 120 Å². The summed E-state index contributed by atoms with van der Waals surface area (Å²) in [7, 11) is 3.14. The molecule has 0 radical (unpaired) electrons. The van der Waals surface area contributed by atoms with Crippen molar-refractivity contribution in [2.75, 3.05) is 14.2 Å². The molecule has 0 aliphatic heterocycles. The van der Waals surface area contributed by atoms with Gasteiger partial charge in [0.25, 0.3) is 5.22 Å². The third kappa shape index (κ3) is 3.22. The van der Waals surface area contributed by atoms with Crippen LogP contribution >= 0.6 is 11.8 Å². The van der Waals surface area contributed by atoms with Crippen molar-refractivity contribution < 1.29 is 13.9 Å². The molecule has 1 aromatic heterocycles. The van der Waals surface area contributed by atoms with Crippen molar-refractivity contribution in [3.05, 3.63) is 18.2 Å². The van der Waals surface area contributed by atoms with E-state index in [0.717, 1.165) is 0 Å². The monoisotopic (exact) mass is 291 g/mol. The maximum Gasteiger partial charge on any atom is 0.278 e. The molecule has 2 aromatic rings. The summed E-state index contributed by atoms with van der Waals surface area (Å²) < 4.78 is 15.9. The van der Waals surface area contributed by atoms with Crippen molar-refractivity contribution >= 4 is 11.8 Å². The van der Waals surface area contributed by atoms with E-state index in [9.17, 15) is 0 Å². The van der Waals surface area contributed by atoms with Gasteiger partial charge in [-0.15, -0.1) is 10.2 Å². The maximum absolute atomic E-state index is 8.76. The molecule has 2 rings (SSSR count). The molecular weight excluding hydrogens is 278 g/mol. The Kier molecular flexibility index (Phi) is 4.48. The van der Waals surface area contributed by atoms with Gasteiger partial charge in [-0.05, 0) is 30.8 Å². The lowest BCUT2D eigenvalue weighted by Crippen LogP contribution is -1.89. The first-order valence-electron chi connectivity index (χ1n) is 5.79. The van der Waals surface area contributed by atoms with Crippen LogP contribution in [0.2, 0.25) is 0 Å². The lowest BCUT2D eigenvalue weighted by atomic mass is 10.2. The molecule has 6 nitrogen and oxygen atoms in total. The average molecular weight is 291 g/mol. The van der Waals surface area contributed by atoms with Crippen LogP contribution in [-0.2, 0) is 0 Å². The van der Waals surface area contributed by atoms with Crippen molar-refractivity contribution in [2.45, 2.75) is 17.4 Å². The summed E-state index contributed by atoms with van der Waals surface area (Å²) in [6.07, 6.45) is 0.